The van der Waals surface area contributed by atoms with Crippen LogP contribution in [0, 0.1) is 0 Å². The van der Waals surface area contributed by atoms with Gasteiger partial charge in [-0.2, -0.15) is 0 Å². The van der Waals surface area contributed by atoms with E-state index in [0.29, 0.717) is 6.42 Å². The maximum absolute atomic E-state index is 8.48. The average molecular weight is 208 g/mol. The van der Waals surface area contributed by atoms with Crippen LogP contribution in [0.15, 0.2) is 9.98 Å². The van der Waals surface area contributed by atoms with Crippen molar-refractivity contribution in [3.63, 3.8) is 0 Å². The molecule has 0 saturated heterocycles. The quantitative estimate of drug-likeness (QED) is 0.797. The van der Waals surface area contributed by atoms with E-state index in [0.717, 1.165) is 9.61 Å². The normalized spacial score (nSPS) is 10.0. The highest BCUT2D eigenvalue weighted by molar-refractivity contribution is 9.10. The molecule has 0 unspecified atom stereocenters. The van der Waals surface area contributed by atoms with Crippen LogP contribution in [0.2, 0.25) is 0 Å². The van der Waals surface area contributed by atoms with E-state index in [4.69, 9.17) is 5.11 Å². The lowest BCUT2D eigenvalue weighted by molar-refractivity contribution is 0.299. The molecule has 2 nitrogen and oxygen atoms in total. The van der Waals surface area contributed by atoms with Crippen LogP contribution < -0.4 is 0 Å². The van der Waals surface area contributed by atoms with E-state index < -0.39 is 0 Å². The summed E-state index contributed by atoms with van der Waals surface area (Å²) in [7, 11) is 0. The Balaban J connectivity index is 2.61. The third kappa shape index (κ3) is 2.04. The number of aromatic nitrogens is 1. The summed E-state index contributed by atoms with van der Waals surface area (Å²) in [6, 6.07) is 0. The van der Waals surface area contributed by atoms with Crippen LogP contribution in [0.1, 0.15) is 5.01 Å². The van der Waals surface area contributed by atoms with Gasteiger partial charge in [0.2, 0.25) is 0 Å². The second-order valence-corrected chi connectivity index (χ2v) is 3.29. The molecule has 1 aromatic heterocycles. The van der Waals surface area contributed by atoms with E-state index in [1.165, 1.54) is 0 Å². The molecule has 0 spiro atoms. The number of thiazole rings is 1. The molecule has 0 amide bonds. The second-order valence-electron chi connectivity index (χ2n) is 1.54. The summed E-state index contributed by atoms with van der Waals surface area (Å²) in [4.78, 5) is 4.08. The molecule has 0 atom stereocenters. The Labute approximate surface area is 65.7 Å². The minimum atomic E-state index is 0.181. The molecule has 1 rings (SSSR count). The smallest absolute Gasteiger partial charge is 0.117 e. The molecule has 0 aromatic carbocycles. The fourth-order valence-corrected chi connectivity index (χ4v) is 1.76. The summed E-state index contributed by atoms with van der Waals surface area (Å²) >= 11 is 4.78. The van der Waals surface area contributed by atoms with Crippen molar-refractivity contribution in [2.45, 2.75) is 6.42 Å². The van der Waals surface area contributed by atoms with E-state index in [2.05, 4.69) is 20.9 Å². The minimum absolute atomic E-state index is 0.181. The largest absolute Gasteiger partial charge is 0.396 e. The van der Waals surface area contributed by atoms with Gasteiger partial charge in [0.25, 0.3) is 0 Å². The van der Waals surface area contributed by atoms with E-state index in [-0.39, 0.29) is 6.61 Å². The van der Waals surface area contributed by atoms with Crippen molar-refractivity contribution in [1.29, 1.82) is 0 Å². The van der Waals surface area contributed by atoms with Crippen molar-refractivity contribution < 1.29 is 5.11 Å². The molecule has 4 heteroatoms. The van der Waals surface area contributed by atoms with Crippen LogP contribution in [-0.4, -0.2) is 16.7 Å². The molecule has 0 fully saturated rings. The number of rotatable bonds is 2. The highest BCUT2D eigenvalue weighted by Gasteiger charge is 1.95. The van der Waals surface area contributed by atoms with Crippen LogP contribution in [0.25, 0.3) is 0 Å². The summed E-state index contributed by atoms with van der Waals surface area (Å²) in [6.07, 6.45) is 0.663. The zero-order valence-corrected chi connectivity index (χ0v) is 7.07. The highest BCUT2D eigenvalue weighted by Crippen LogP contribution is 2.14. The van der Waals surface area contributed by atoms with E-state index in [1.807, 2.05) is 5.38 Å². The summed E-state index contributed by atoms with van der Waals surface area (Å²) in [5, 5.41) is 11.4. The molecular weight excluding hydrogens is 202 g/mol. The molecule has 0 radical (unpaired) electrons. The lowest BCUT2D eigenvalue weighted by Gasteiger charge is -1.84. The van der Waals surface area contributed by atoms with Crippen molar-refractivity contribution in [1.82, 2.24) is 4.98 Å². The van der Waals surface area contributed by atoms with Crippen molar-refractivity contribution in [2.75, 3.05) is 6.61 Å². The zero-order valence-electron chi connectivity index (χ0n) is 4.67. The number of halogens is 1. The standard InChI is InChI=1S/C5H6BrNOS/c6-4-3-9-5(7-4)1-2-8/h3,8H,1-2H2. The Bertz CT molecular complexity index is 189. The molecule has 9 heavy (non-hydrogen) atoms. The minimum Gasteiger partial charge on any atom is -0.396 e. The summed E-state index contributed by atoms with van der Waals surface area (Å²) in [5.41, 5.74) is 0. The Morgan fingerprint density at radius 3 is 3.00 bits per heavy atom. The number of hydrogen-bond acceptors (Lipinski definition) is 3. The molecule has 1 N–H and O–H groups in total. The van der Waals surface area contributed by atoms with Crippen LogP contribution in [0.5, 0.6) is 0 Å². The lowest BCUT2D eigenvalue weighted by atomic mass is 10.5. The maximum Gasteiger partial charge on any atom is 0.117 e. The third-order valence-electron chi connectivity index (χ3n) is 0.849. The van der Waals surface area contributed by atoms with Crippen LogP contribution >= 0.6 is 27.3 Å². The molecule has 0 saturated carbocycles. The third-order valence-corrected chi connectivity index (χ3v) is 2.47. The van der Waals surface area contributed by atoms with Gasteiger partial charge < -0.3 is 5.11 Å². The molecule has 1 aromatic rings. The summed E-state index contributed by atoms with van der Waals surface area (Å²) < 4.78 is 0.857. The van der Waals surface area contributed by atoms with Gasteiger partial charge in [0.15, 0.2) is 0 Å². The number of nitrogens with zero attached hydrogens (tertiary/aromatic N) is 1. The van der Waals surface area contributed by atoms with Gasteiger partial charge in [-0.3, -0.25) is 0 Å². The first-order chi connectivity index (χ1) is 4.33. The second kappa shape index (κ2) is 3.29. The van der Waals surface area contributed by atoms with E-state index >= 15 is 0 Å². The first-order valence-electron chi connectivity index (χ1n) is 2.53. The Hall–Kier alpha value is 0.0700. The van der Waals surface area contributed by atoms with Gasteiger partial charge in [0.1, 0.15) is 4.60 Å². The van der Waals surface area contributed by atoms with Crippen molar-refractivity contribution in [3.05, 3.63) is 15.0 Å². The van der Waals surface area contributed by atoms with Crippen molar-refractivity contribution >= 4 is 27.3 Å². The first kappa shape index (κ1) is 7.18. The lowest BCUT2D eigenvalue weighted by Crippen LogP contribution is -1.87. The molecule has 1 heterocycles. The van der Waals surface area contributed by atoms with Gasteiger partial charge in [-0.1, -0.05) is 0 Å². The van der Waals surface area contributed by atoms with Crippen LogP contribution in [0.3, 0.4) is 0 Å². The van der Waals surface area contributed by atoms with Crippen LogP contribution in [-0.2, 0) is 6.42 Å². The van der Waals surface area contributed by atoms with Gasteiger partial charge in [0.05, 0.1) is 5.01 Å². The highest BCUT2D eigenvalue weighted by atomic mass is 79.9. The first-order valence-corrected chi connectivity index (χ1v) is 4.21. The fraction of sp³-hybridized carbons (Fsp3) is 0.400. The summed E-state index contributed by atoms with van der Waals surface area (Å²) in [6.45, 7) is 0.181. The average Bonchev–Trinajstić information content (AvgIpc) is 2.17. The van der Waals surface area contributed by atoms with Gasteiger partial charge >= 0.3 is 0 Å². The Morgan fingerprint density at radius 1 is 1.78 bits per heavy atom. The van der Waals surface area contributed by atoms with Crippen molar-refractivity contribution in [2.24, 2.45) is 0 Å². The fourth-order valence-electron chi connectivity index (χ4n) is 0.499. The van der Waals surface area contributed by atoms with E-state index in [9.17, 15) is 0 Å². The van der Waals surface area contributed by atoms with Gasteiger partial charge in [-0.25, -0.2) is 4.98 Å². The molecule has 0 aliphatic carbocycles. The number of aliphatic hydroxyl groups is 1. The SMILES string of the molecule is OCCc1nc(Br)cs1. The monoisotopic (exact) mass is 207 g/mol. The molecule has 0 bridgehead atoms. The molecular formula is C5H6BrNOS. The molecule has 0 aliphatic heterocycles. The zero-order chi connectivity index (χ0) is 6.69. The Kier molecular flexibility index (Phi) is 2.63. The molecule has 50 valence electrons. The van der Waals surface area contributed by atoms with Crippen molar-refractivity contribution in [3.8, 4) is 0 Å². The van der Waals surface area contributed by atoms with Gasteiger partial charge in [-0.15, -0.1) is 11.3 Å². The van der Waals surface area contributed by atoms with Crippen LogP contribution in [0.4, 0.5) is 0 Å². The van der Waals surface area contributed by atoms with Gasteiger partial charge in [0, 0.05) is 18.4 Å². The van der Waals surface area contributed by atoms with Gasteiger partial charge in [-0.05, 0) is 15.9 Å². The number of aliphatic hydroxyl groups excluding tert-OH is 1. The topological polar surface area (TPSA) is 33.1 Å². The Morgan fingerprint density at radius 2 is 2.56 bits per heavy atom. The maximum atomic E-state index is 8.48. The van der Waals surface area contributed by atoms with E-state index in [1.54, 1.807) is 11.3 Å². The number of hydrogen-bond donors (Lipinski definition) is 1. The predicted molar refractivity (Wildman–Crippen MR) is 40.6 cm³/mol. The molecule has 0 aliphatic rings. The summed E-state index contributed by atoms with van der Waals surface area (Å²) in [5.74, 6) is 0. The predicted octanol–water partition coefficient (Wildman–Crippen LogP) is 1.44.